The largest absolute Gasteiger partial charge is 0.416 e. The van der Waals surface area contributed by atoms with Gasteiger partial charge in [0.25, 0.3) is 11.8 Å². The molecule has 0 fully saturated rings. The van der Waals surface area contributed by atoms with Gasteiger partial charge in [-0.15, -0.1) is 11.3 Å². The van der Waals surface area contributed by atoms with E-state index in [0.717, 1.165) is 32.8 Å². The fourth-order valence-electron chi connectivity index (χ4n) is 4.05. The maximum atomic E-state index is 13.1. The molecule has 0 aliphatic rings. The van der Waals surface area contributed by atoms with Crippen molar-refractivity contribution in [3.05, 3.63) is 102 Å². The van der Waals surface area contributed by atoms with E-state index in [1.54, 1.807) is 44.4 Å². The Bertz CT molecular complexity index is 1700. The zero-order valence-electron chi connectivity index (χ0n) is 20.8. The molecule has 0 radical (unpaired) electrons. The van der Waals surface area contributed by atoms with Gasteiger partial charge in [-0.05, 0) is 54.1 Å². The van der Waals surface area contributed by atoms with E-state index in [0.29, 0.717) is 22.5 Å². The molecule has 2 aromatic heterocycles. The molecule has 0 saturated carbocycles. The molecule has 0 aliphatic carbocycles. The average Bonchev–Trinajstić information content (AvgIpc) is 3.37. The van der Waals surface area contributed by atoms with Crippen LogP contribution in [0, 0.1) is 0 Å². The Morgan fingerprint density at radius 2 is 1.59 bits per heavy atom. The minimum absolute atomic E-state index is 0.0777. The number of aromatic nitrogens is 2. The first-order valence-corrected chi connectivity index (χ1v) is 12.6. The highest BCUT2D eigenvalue weighted by atomic mass is 32.1. The van der Waals surface area contributed by atoms with E-state index in [-0.39, 0.29) is 11.5 Å². The highest BCUT2D eigenvalue weighted by Crippen LogP contribution is 2.37. The molecule has 39 heavy (non-hydrogen) atoms. The van der Waals surface area contributed by atoms with Gasteiger partial charge in [0.05, 0.1) is 11.3 Å². The predicted molar refractivity (Wildman–Crippen MR) is 146 cm³/mol. The summed E-state index contributed by atoms with van der Waals surface area (Å²) in [6, 6.07) is 20.5. The van der Waals surface area contributed by atoms with Crippen LogP contribution in [0.5, 0.6) is 0 Å². The lowest BCUT2D eigenvalue weighted by molar-refractivity contribution is -0.137. The smallest absolute Gasteiger partial charge is 0.345 e. The van der Waals surface area contributed by atoms with Crippen LogP contribution in [-0.4, -0.2) is 40.8 Å². The lowest BCUT2D eigenvalue weighted by Gasteiger charge is -2.10. The van der Waals surface area contributed by atoms with Gasteiger partial charge in [-0.25, -0.2) is 9.97 Å². The van der Waals surface area contributed by atoms with Crippen LogP contribution in [0.1, 0.15) is 26.3 Å². The Morgan fingerprint density at radius 3 is 2.31 bits per heavy atom. The monoisotopic (exact) mass is 546 g/mol. The van der Waals surface area contributed by atoms with Gasteiger partial charge in [0.2, 0.25) is 0 Å². The summed E-state index contributed by atoms with van der Waals surface area (Å²) in [6.45, 7) is 0. The summed E-state index contributed by atoms with van der Waals surface area (Å²) in [5, 5.41) is 3.48. The number of rotatable bonds is 5. The standard InChI is InChI=1S/C29H21F3N4O2S/c1-36(2)28(38)18-11-9-17(10-12-18)24-15-23-25(33-16-34-27(23)39-24)19-5-4-8-22(14-19)35-26(37)20-6-3-7-21(13-20)29(30,31)32/h3-16H,1-2H3,(H,35,37). The van der Waals surface area contributed by atoms with Crippen molar-refractivity contribution in [1.82, 2.24) is 14.9 Å². The van der Waals surface area contributed by atoms with Crippen molar-refractivity contribution in [1.29, 1.82) is 0 Å². The quantitative estimate of drug-likeness (QED) is 0.258. The van der Waals surface area contributed by atoms with Crippen molar-refractivity contribution in [2.45, 2.75) is 6.18 Å². The van der Waals surface area contributed by atoms with Crippen LogP contribution in [0.15, 0.2) is 85.2 Å². The highest BCUT2D eigenvalue weighted by Gasteiger charge is 2.31. The van der Waals surface area contributed by atoms with Crippen LogP contribution in [0.3, 0.4) is 0 Å². The van der Waals surface area contributed by atoms with Crippen molar-refractivity contribution in [2.24, 2.45) is 0 Å². The third kappa shape index (κ3) is 5.51. The molecule has 0 atom stereocenters. The van der Waals surface area contributed by atoms with Crippen molar-refractivity contribution in [3.63, 3.8) is 0 Å². The number of alkyl halides is 3. The number of benzene rings is 3. The summed E-state index contributed by atoms with van der Waals surface area (Å²) >= 11 is 1.49. The van der Waals surface area contributed by atoms with Crippen LogP contribution in [0.4, 0.5) is 18.9 Å². The second-order valence-corrected chi connectivity index (χ2v) is 9.97. The number of nitrogens with zero attached hydrogens (tertiary/aromatic N) is 3. The minimum Gasteiger partial charge on any atom is -0.345 e. The van der Waals surface area contributed by atoms with Crippen LogP contribution in [-0.2, 0) is 6.18 Å². The summed E-state index contributed by atoms with van der Waals surface area (Å²) < 4.78 is 39.2. The third-order valence-corrected chi connectivity index (χ3v) is 7.09. The molecule has 2 heterocycles. The Kier molecular flexibility index (Phi) is 6.88. The Balaban J connectivity index is 1.43. The zero-order valence-corrected chi connectivity index (χ0v) is 21.6. The first-order chi connectivity index (χ1) is 18.6. The van der Waals surface area contributed by atoms with Gasteiger partial charge in [0, 0.05) is 46.7 Å². The van der Waals surface area contributed by atoms with Gasteiger partial charge >= 0.3 is 6.18 Å². The maximum Gasteiger partial charge on any atom is 0.416 e. The number of thiophene rings is 1. The van der Waals surface area contributed by atoms with E-state index in [4.69, 9.17) is 0 Å². The first kappa shape index (κ1) is 26.1. The van der Waals surface area contributed by atoms with E-state index >= 15 is 0 Å². The SMILES string of the molecule is CN(C)C(=O)c1ccc(-c2cc3c(-c4cccc(NC(=O)c5cccc(C(F)(F)F)c5)c4)ncnc3s2)cc1. The lowest BCUT2D eigenvalue weighted by atomic mass is 10.1. The Labute approximate surface area is 225 Å². The zero-order chi connectivity index (χ0) is 27.7. The molecule has 5 aromatic rings. The molecule has 1 N–H and O–H groups in total. The molecule has 2 amide bonds. The van der Waals surface area contributed by atoms with Crippen LogP contribution in [0.2, 0.25) is 0 Å². The topological polar surface area (TPSA) is 75.2 Å². The van der Waals surface area contributed by atoms with E-state index < -0.39 is 17.6 Å². The lowest BCUT2D eigenvalue weighted by Crippen LogP contribution is -2.21. The van der Waals surface area contributed by atoms with E-state index in [1.165, 1.54) is 34.7 Å². The van der Waals surface area contributed by atoms with Crippen molar-refractivity contribution < 1.29 is 22.8 Å². The maximum absolute atomic E-state index is 13.1. The number of hydrogen-bond donors (Lipinski definition) is 1. The van der Waals surface area contributed by atoms with Gasteiger partial charge in [0.1, 0.15) is 11.2 Å². The molecule has 0 saturated heterocycles. The number of hydrogen-bond acceptors (Lipinski definition) is 5. The van der Waals surface area contributed by atoms with Crippen molar-refractivity contribution in [3.8, 4) is 21.7 Å². The Hall–Kier alpha value is -4.57. The summed E-state index contributed by atoms with van der Waals surface area (Å²) in [7, 11) is 3.41. The fraction of sp³-hybridized carbons (Fsp3) is 0.103. The molecular weight excluding hydrogens is 525 g/mol. The van der Waals surface area contributed by atoms with Gasteiger partial charge in [-0.1, -0.05) is 30.3 Å². The third-order valence-electron chi connectivity index (χ3n) is 6.00. The van der Waals surface area contributed by atoms with Crippen molar-refractivity contribution in [2.75, 3.05) is 19.4 Å². The molecular formula is C29H21F3N4O2S. The molecule has 0 aliphatic heterocycles. The number of fused-ring (bicyclic) bond motifs is 1. The number of amides is 2. The molecule has 196 valence electrons. The molecule has 10 heteroatoms. The number of carbonyl (C=O) groups excluding carboxylic acids is 2. The first-order valence-electron chi connectivity index (χ1n) is 11.8. The summed E-state index contributed by atoms with van der Waals surface area (Å²) in [4.78, 5) is 37.0. The highest BCUT2D eigenvalue weighted by molar-refractivity contribution is 7.21. The molecule has 5 rings (SSSR count). The fourth-order valence-corrected chi connectivity index (χ4v) is 5.05. The average molecular weight is 547 g/mol. The number of halogens is 3. The summed E-state index contributed by atoms with van der Waals surface area (Å²) in [5.74, 6) is -0.730. The molecule has 3 aromatic carbocycles. The van der Waals surface area contributed by atoms with Crippen LogP contribution < -0.4 is 5.32 Å². The second kappa shape index (κ2) is 10.3. The van der Waals surface area contributed by atoms with Gasteiger partial charge in [-0.2, -0.15) is 13.2 Å². The van der Waals surface area contributed by atoms with E-state index in [1.807, 2.05) is 24.3 Å². The van der Waals surface area contributed by atoms with E-state index in [9.17, 15) is 22.8 Å². The number of anilines is 1. The normalized spacial score (nSPS) is 11.4. The molecule has 0 bridgehead atoms. The van der Waals surface area contributed by atoms with E-state index in [2.05, 4.69) is 15.3 Å². The molecule has 0 unspecified atom stereocenters. The van der Waals surface area contributed by atoms with Crippen LogP contribution >= 0.6 is 11.3 Å². The Morgan fingerprint density at radius 1 is 0.846 bits per heavy atom. The number of nitrogens with one attached hydrogen (secondary N) is 1. The van der Waals surface area contributed by atoms with Gasteiger partial charge in [-0.3, -0.25) is 9.59 Å². The molecule has 6 nitrogen and oxygen atoms in total. The van der Waals surface area contributed by atoms with Crippen molar-refractivity contribution >= 4 is 39.1 Å². The van der Waals surface area contributed by atoms with Gasteiger partial charge in [0.15, 0.2) is 0 Å². The van der Waals surface area contributed by atoms with Gasteiger partial charge < -0.3 is 10.2 Å². The van der Waals surface area contributed by atoms with Crippen LogP contribution in [0.25, 0.3) is 31.9 Å². The summed E-state index contributed by atoms with van der Waals surface area (Å²) in [6.07, 6.45) is -3.08. The summed E-state index contributed by atoms with van der Waals surface area (Å²) in [5.41, 5.74) is 2.31. The second-order valence-electron chi connectivity index (χ2n) is 8.94. The minimum atomic E-state index is -4.54. The number of carbonyl (C=O) groups is 2. The predicted octanol–water partition coefficient (Wildman–Crippen LogP) is 7.00. The molecule has 0 spiro atoms.